The second-order valence-corrected chi connectivity index (χ2v) is 4.10. The fourth-order valence-electron chi connectivity index (χ4n) is 1.99. The van der Waals surface area contributed by atoms with E-state index in [1.165, 1.54) is 0 Å². The van der Waals surface area contributed by atoms with Crippen molar-refractivity contribution in [2.45, 2.75) is 58.0 Å². The van der Waals surface area contributed by atoms with Gasteiger partial charge in [-0.05, 0) is 32.3 Å². The Morgan fingerprint density at radius 1 is 1.50 bits per heavy atom. The molecule has 0 aliphatic heterocycles. The smallest absolute Gasteiger partial charge is 0.0948 e. The monoisotopic (exact) mass is 198 g/mol. The zero-order valence-electron chi connectivity index (χ0n) is 9.38. The predicted octanol–water partition coefficient (Wildman–Crippen LogP) is 3.01. The Morgan fingerprint density at radius 2 is 2.29 bits per heavy atom. The fraction of sp³-hybridized carbons (Fsp3) is 0.833. The summed E-state index contributed by atoms with van der Waals surface area (Å²) in [5, 5.41) is 10.2. The molecule has 0 heterocycles. The molecule has 0 amide bonds. The van der Waals surface area contributed by atoms with Crippen molar-refractivity contribution in [3.05, 3.63) is 11.8 Å². The lowest BCUT2D eigenvalue weighted by Gasteiger charge is -2.29. The van der Waals surface area contributed by atoms with Crippen LogP contribution in [0.4, 0.5) is 0 Å². The Balaban J connectivity index is 2.54. The summed E-state index contributed by atoms with van der Waals surface area (Å²) in [7, 11) is 0. The van der Waals surface area contributed by atoms with Crippen molar-refractivity contribution in [2.75, 3.05) is 6.61 Å². The van der Waals surface area contributed by atoms with Gasteiger partial charge in [0, 0.05) is 6.42 Å². The molecule has 1 unspecified atom stereocenters. The lowest BCUT2D eigenvalue weighted by atomic mass is 9.86. The zero-order chi connectivity index (χ0) is 10.4. The van der Waals surface area contributed by atoms with Gasteiger partial charge in [-0.15, -0.1) is 0 Å². The van der Waals surface area contributed by atoms with Crippen molar-refractivity contribution in [1.29, 1.82) is 0 Å². The van der Waals surface area contributed by atoms with Gasteiger partial charge in [-0.1, -0.05) is 19.8 Å². The van der Waals surface area contributed by atoms with Gasteiger partial charge < -0.3 is 9.84 Å². The maximum absolute atomic E-state index is 10.2. The highest BCUT2D eigenvalue weighted by Gasteiger charge is 2.27. The lowest BCUT2D eigenvalue weighted by Crippen LogP contribution is -2.29. The molecule has 0 aromatic rings. The van der Waals surface area contributed by atoms with Crippen molar-refractivity contribution in [3.8, 4) is 0 Å². The second-order valence-electron chi connectivity index (χ2n) is 4.10. The molecule has 1 aliphatic carbocycles. The second kappa shape index (κ2) is 5.40. The third-order valence-electron chi connectivity index (χ3n) is 2.76. The average Bonchev–Trinajstić information content (AvgIpc) is 2.16. The highest BCUT2D eigenvalue weighted by atomic mass is 16.5. The number of allylic oxidation sites excluding steroid dienone is 1. The Bertz CT molecular complexity index is 198. The number of ether oxygens (including phenoxy) is 1. The van der Waals surface area contributed by atoms with Crippen LogP contribution in [-0.4, -0.2) is 17.3 Å². The highest BCUT2D eigenvalue weighted by Crippen LogP contribution is 2.31. The molecular weight excluding hydrogens is 176 g/mol. The van der Waals surface area contributed by atoms with E-state index in [0.717, 1.165) is 44.3 Å². The highest BCUT2D eigenvalue weighted by molar-refractivity contribution is 5.10. The van der Waals surface area contributed by atoms with Gasteiger partial charge in [0.15, 0.2) is 0 Å². The van der Waals surface area contributed by atoms with Crippen LogP contribution in [0.1, 0.15) is 52.4 Å². The molecule has 2 heteroatoms. The number of aliphatic hydroxyl groups is 1. The van der Waals surface area contributed by atoms with E-state index in [4.69, 9.17) is 4.74 Å². The molecule has 2 nitrogen and oxygen atoms in total. The molecular formula is C12H22O2. The van der Waals surface area contributed by atoms with Crippen LogP contribution in [0.25, 0.3) is 0 Å². The van der Waals surface area contributed by atoms with Crippen LogP contribution in [0, 0.1) is 0 Å². The molecule has 1 atom stereocenters. The van der Waals surface area contributed by atoms with E-state index in [1.54, 1.807) is 0 Å². The number of hydrogen-bond acceptors (Lipinski definition) is 2. The minimum atomic E-state index is -0.585. The van der Waals surface area contributed by atoms with Gasteiger partial charge in [-0.3, -0.25) is 0 Å². The Hall–Kier alpha value is -0.500. The molecule has 14 heavy (non-hydrogen) atoms. The number of hydrogen-bond donors (Lipinski definition) is 1. The van der Waals surface area contributed by atoms with Crippen molar-refractivity contribution >= 4 is 0 Å². The van der Waals surface area contributed by atoms with E-state index in [2.05, 4.69) is 6.92 Å². The Kier molecular flexibility index (Phi) is 4.46. The molecule has 1 aliphatic rings. The van der Waals surface area contributed by atoms with E-state index in [9.17, 15) is 5.11 Å². The molecule has 1 N–H and O–H groups in total. The van der Waals surface area contributed by atoms with Gasteiger partial charge in [0.1, 0.15) is 0 Å². The number of rotatable bonds is 5. The summed E-state index contributed by atoms with van der Waals surface area (Å²) in [6.07, 6.45) is 7.97. The summed E-state index contributed by atoms with van der Waals surface area (Å²) < 4.78 is 5.46. The van der Waals surface area contributed by atoms with Gasteiger partial charge in [-0.2, -0.15) is 0 Å². The van der Waals surface area contributed by atoms with Gasteiger partial charge >= 0.3 is 0 Å². The van der Waals surface area contributed by atoms with Crippen LogP contribution in [0.3, 0.4) is 0 Å². The van der Waals surface area contributed by atoms with Crippen LogP contribution < -0.4 is 0 Å². The molecule has 0 aromatic carbocycles. The van der Waals surface area contributed by atoms with Crippen LogP contribution >= 0.6 is 0 Å². The molecule has 0 aromatic heterocycles. The Labute approximate surface area is 87.0 Å². The van der Waals surface area contributed by atoms with Crippen LogP contribution in [0.5, 0.6) is 0 Å². The summed E-state index contributed by atoms with van der Waals surface area (Å²) in [6, 6.07) is 0. The van der Waals surface area contributed by atoms with E-state index >= 15 is 0 Å². The summed E-state index contributed by atoms with van der Waals surface area (Å²) in [5.74, 6) is 0.984. The average molecular weight is 198 g/mol. The zero-order valence-corrected chi connectivity index (χ0v) is 9.38. The SMILES string of the molecule is CCCCC1(O)C=C(OCC)CCC1. The summed E-state index contributed by atoms with van der Waals surface area (Å²) in [5.41, 5.74) is -0.585. The van der Waals surface area contributed by atoms with E-state index in [0.29, 0.717) is 6.61 Å². The standard InChI is InChI=1S/C12H22O2/c1-3-5-8-12(13)9-6-7-11(10-12)14-4-2/h10,13H,3-9H2,1-2H3. The molecule has 82 valence electrons. The Morgan fingerprint density at radius 3 is 2.93 bits per heavy atom. The topological polar surface area (TPSA) is 29.5 Å². The van der Waals surface area contributed by atoms with Gasteiger partial charge in [0.2, 0.25) is 0 Å². The molecule has 0 bridgehead atoms. The van der Waals surface area contributed by atoms with E-state index in [-0.39, 0.29) is 0 Å². The summed E-state index contributed by atoms with van der Waals surface area (Å²) in [4.78, 5) is 0. The maximum atomic E-state index is 10.2. The first-order valence-corrected chi connectivity index (χ1v) is 5.77. The van der Waals surface area contributed by atoms with E-state index in [1.807, 2.05) is 13.0 Å². The van der Waals surface area contributed by atoms with Crippen LogP contribution in [0.15, 0.2) is 11.8 Å². The van der Waals surface area contributed by atoms with E-state index < -0.39 is 5.60 Å². The normalized spacial score (nSPS) is 27.2. The van der Waals surface area contributed by atoms with Gasteiger partial charge in [0.05, 0.1) is 18.0 Å². The number of unbranched alkanes of at least 4 members (excludes halogenated alkanes) is 1. The minimum Gasteiger partial charge on any atom is -0.498 e. The third-order valence-corrected chi connectivity index (χ3v) is 2.76. The fourth-order valence-corrected chi connectivity index (χ4v) is 1.99. The molecule has 0 spiro atoms. The summed E-state index contributed by atoms with van der Waals surface area (Å²) >= 11 is 0. The van der Waals surface area contributed by atoms with Crippen molar-refractivity contribution in [3.63, 3.8) is 0 Å². The molecule has 0 saturated carbocycles. The van der Waals surface area contributed by atoms with Crippen molar-refractivity contribution in [2.24, 2.45) is 0 Å². The van der Waals surface area contributed by atoms with Crippen LogP contribution in [0.2, 0.25) is 0 Å². The minimum absolute atomic E-state index is 0.585. The van der Waals surface area contributed by atoms with Crippen LogP contribution in [-0.2, 0) is 4.74 Å². The van der Waals surface area contributed by atoms with Gasteiger partial charge in [-0.25, -0.2) is 0 Å². The van der Waals surface area contributed by atoms with Crippen molar-refractivity contribution in [1.82, 2.24) is 0 Å². The van der Waals surface area contributed by atoms with Crippen molar-refractivity contribution < 1.29 is 9.84 Å². The molecule has 1 rings (SSSR count). The largest absolute Gasteiger partial charge is 0.498 e. The maximum Gasteiger partial charge on any atom is 0.0948 e. The quantitative estimate of drug-likeness (QED) is 0.735. The lowest BCUT2D eigenvalue weighted by molar-refractivity contribution is 0.0499. The molecule has 0 saturated heterocycles. The first-order chi connectivity index (χ1) is 6.70. The summed E-state index contributed by atoms with van der Waals surface area (Å²) in [6.45, 7) is 4.84. The molecule has 0 radical (unpaired) electrons. The van der Waals surface area contributed by atoms with Gasteiger partial charge in [0.25, 0.3) is 0 Å². The third kappa shape index (κ3) is 3.33. The first-order valence-electron chi connectivity index (χ1n) is 5.77. The first kappa shape index (κ1) is 11.6. The molecule has 0 fully saturated rings. The predicted molar refractivity (Wildman–Crippen MR) is 58.0 cm³/mol.